The normalized spacial score (nSPS) is 14.2. The van der Waals surface area contributed by atoms with E-state index in [0.717, 1.165) is 66.5 Å². The van der Waals surface area contributed by atoms with Gasteiger partial charge in [-0.3, -0.25) is 4.90 Å². The number of aromatic nitrogens is 3. The molecule has 5 rings (SSSR count). The molecule has 1 aliphatic heterocycles. The second-order valence-corrected chi connectivity index (χ2v) is 9.39. The van der Waals surface area contributed by atoms with E-state index in [1.54, 1.807) is 18.4 Å². The number of ether oxygens (including phenoxy) is 4. The van der Waals surface area contributed by atoms with Crippen molar-refractivity contribution in [3.8, 4) is 33.3 Å². The Hall–Kier alpha value is -3.11. The number of rotatable bonds is 11. The molecule has 0 spiro atoms. The quantitative estimate of drug-likeness (QED) is 0.274. The fourth-order valence-electron chi connectivity index (χ4n) is 4.03. The van der Waals surface area contributed by atoms with Crippen LogP contribution < -0.4 is 9.47 Å². The first-order chi connectivity index (χ1) is 17.8. The Labute approximate surface area is 214 Å². The Morgan fingerprint density at radius 2 is 1.83 bits per heavy atom. The van der Waals surface area contributed by atoms with Crippen LogP contribution in [-0.4, -0.2) is 79.6 Å². The van der Waals surface area contributed by atoms with Gasteiger partial charge in [0.05, 0.1) is 31.3 Å². The standard InChI is InChI=1S/C27H30N4O4S/c1-32-15-16-35-27-25(24-4-2-17-36-24)29-23-18-21(19-28-26(23)30-27)20-5-7-22(8-6-20)34-12-3-9-31-10-13-33-14-11-31/h2,4-8,17-19H,3,9-16H2,1H3. The summed E-state index contributed by atoms with van der Waals surface area (Å²) in [5.74, 6) is 1.34. The Balaban J connectivity index is 1.28. The Kier molecular flexibility index (Phi) is 8.35. The number of thiophene rings is 1. The molecule has 4 heterocycles. The van der Waals surface area contributed by atoms with Crippen molar-refractivity contribution in [2.75, 3.05) is 59.8 Å². The van der Waals surface area contributed by atoms with Crippen LogP contribution in [0.4, 0.5) is 0 Å². The molecule has 3 aromatic heterocycles. The van der Waals surface area contributed by atoms with Gasteiger partial charge in [0, 0.05) is 38.5 Å². The number of fused-ring (bicyclic) bond motifs is 1. The zero-order chi connectivity index (χ0) is 24.6. The molecule has 0 atom stereocenters. The van der Waals surface area contributed by atoms with E-state index in [-0.39, 0.29) is 0 Å². The topological polar surface area (TPSA) is 78.8 Å². The van der Waals surface area contributed by atoms with Crippen molar-refractivity contribution < 1.29 is 18.9 Å². The zero-order valence-corrected chi connectivity index (χ0v) is 21.2. The molecule has 4 aromatic rings. The second kappa shape index (κ2) is 12.2. The predicted octanol–water partition coefficient (Wildman–Crippen LogP) is 4.55. The largest absolute Gasteiger partial charge is 0.494 e. The molecule has 188 valence electrons. The zero-order valence-electron chi connectivity index (χ0n) is 20.4. The molecule has 1 saturated heterocycles. The van der Waals surface area contributed by atoms with Crippen LogP contribution >= 0.6 is 11.3 Å². The van der Waals surface area contributed by atoms with Gasteiger partial charge in [-0.2, -0.15) is 4.98 Å². The lowest BCUT2D eigenvalue weighted by Crippen LogP contribution is -2.37. The second-order valence-electron chi connectivity index (χ2n) is 8.44. The molecule has 1 aliphatic rings. The number of hydrogen-bond donors (Lipinski definition) is 0. The Morgan fingerprint density at radius 3 is 2.61 bits per heavy atom. The van der Waals surface area contributed by atoms with Gasteiger partial charge in [0.25, 0.3) is 0 Å². The molecule has 9 heteroatoms. The highest BCUT2D eigenvalue weighted by atomic mass is 32.1. The first-order valence-corrected chi connectivity index (χ1v) is 13.0. The van der Waals surface area contributed by atoms with Gasteiger partial charge in [-0.15, -0.1) is 11.3 Å². The maximum absolute atomic E-state index is 5.95. The summed E-state index contributed by atoms with van der Waals surface area (Å²) in [6, 6.07) is 14.1. The summed E-state index contributed by atoms with van der Waals surface area (Å²) >= 11 is 1.60. The van der Waals surface area contributed by atoms with E-state index in [2.05, 4.69) is 27.0 Å². The van der Waals surface area contributed by atoms with Crippen molar-refractivity contribution in [3.05, 3.63) is 54.0 Å². The van der Waals surface area contributed by atoms with E-state index in [1.165, 1.54) is 0 Å². The minimum atomic E-state index is 0.398. The van der Waals surface area contributed by atoms with Crippen LogP contribution in [-0.2, 0) is 9.47 Å². The van der Waals surface area contributed by atoms with E-state index < -0.39 is 0 Å². The van der Waals surface area contributed by atoms with Crippen molar-refractivity contribution in [2.24, 2.45) is 0 Å². The van der Waals surface area contributed by atoms with Gasteiger partial charge < -0.3 is 18.9 Å². The lowest BCUT2D eigenvalue weighted by Gasteiger charge is -2.26. The highest BCUT2D eigenvalue weighted by molar-refractivity contribution is 7.13. The summed E-state index contributed by atoms with van der Waals surface area (Å²) in [6.45, 7) is 6.29. The number of benzene rings is 1. The van der Waals surface area contributed by atoms with E-state index >= 15 is 0 Å². The van der Waals surface area contributed by atoms with Crippen LogP contribution in [0.25, 0.3) is 32.9 Å². The fourth-order valence-corrected chi connectivity index (χ4v) is 4.74. The summed E-state index contributed by atoms with van der Waals surface area (Å²) in [6.07, 6.45) is 2.82. The third-order valence-corrected chi connectivity index (χ3v) is 6.83. The number of methoxy groups -OCH3 is 1. The average molecular weight is 507 g/mol. The van der Waals surface area contributed by atoms with E-state index in [0.29, 0.717) is 37.0 Å². The van der Waals surface area contributed by atoms with Crippen molar-refractivity contribution in [1.29, 1.82) is 0 Å². The van der Waals surface area contributed by atoms with Crippen LogP contribution in [0.15, 0.2) is 54.0 Å². The summed E-state index contributed by atoms with van der Waals surface area (Å²) < 4.78 is 22.3. The van der Waals surface area contributed by atoms with Gasteiger partial charge in [0.1, 0.15) is 23.6 Å². The highest BCUT2D eigenvalue weighted by Crippen LogP contribution is 2.32. The average Bonchev–Trinajstić information content (AvgIpc) is 3.47. The number of morpholine rings is 1. The monoisotopic (exact) mass is 506 g/mol. The van der Waals surface area contributed by atoms with Crippen molar-refractivity contribution in [2.45, 2.75) is 6.42 Å². The number of nitrogens with zero attached hydrogens (tertiary/aromatic N) is 4. The first-order valence-electron chi connectivity index (χ1n) is 12.2. The van der Waals surface area contributed by atoms with Crippen LogP contribution in [0, 0.1) is 0 Å². The van der Waals surface area contributed by atoms with Crippen molar-refractivity contribution in [3.63, 3.8) is 0 Å². The molecule has 0 N–H and O–H groups in total. The Bertz CT molecular complexity index is 1240. The molecule has 0 radical (unpaired) electrons. The molecule has 1 fully saturated rings. The molecule has 0 unspecified atom stereocenters. The molecule has 1 aromatic carbocycles. The molecule has 0 bridgehead atoms. The van der Waals surface area contributed by atoms with E-state index in [1.807, 2.05) is 41.9 Å². The SMILES string of the molecule is COCCOc1nc2ncc(-c3ccc(OCCCN4CCOCC4)cc3)cc2nc1-c1cccs1. The first kappa shape index (κ1) is 24.6. The van der Waals surface area contributed by atoms with Gasteiger partial charge in [-0.05, 0) is 41.6 Å². The number of hydrogen-bond acceptors (Lipinski definition) is 9. The summed E-state index contributed by atoms with van der Waals surface area (Å²) in [7, 11) is 1.64. The minimum Gasteiger partial charge on any atom is -0.494 e. The van der Waals surface area contributed by atoms with Gasteiger partial charge in [-0.1, -0.05) is 18.2 Å². The van der Waals surface area contributed by atoms with E-state index in [9.17, 15) is 0 Å². The third-order valence-electron chi connectivity index (χ3n) is 5.95. The maximum atomic E-state index is 5.95. The highest BCUT2D eigenvalue weighted by Gasteiger charge is 2.15. The maximum Gasteiger partial charge on any atom is 0.243 e. The third kappa shape index (κ3) is 6.17. The summed E-state index contributed by atoms with van der Waals surface area (Å²) in [5, 5.41) is 2.01. The molecule has 8 nitrogen and oxygen atoms in total. The van der Waals surface area contributed by atoms with Crippen LogP contribution in [0.2, 0.25) is 0 Å². The number of pyridine rings is 1. The van der Waals surface area contributed by atoms with Gasteiger partial charge in [0.15, 0.2) is 5.65 Å². The molecular formula is C27H30N4O4S. The molecule has 0 amide bonds. The van der Waals surface area contributed by atoms with E-state index in [4.69, 9.17) is 23.9 Å². The summed E-state index contributed by atoms with van der Waals surface area (Å²) in [4.78, 5) is 17.5. The minimum absolute atomic E-state index is 0.398. The van der Waals surface area contributed by atoms with Crippen LogP contribution in [0.3, 0.4) is 0 Å². The molecule has 0 saturated carbocycles. The van der Waals surface area contributed by atoms with Crippen molar-refractivity contribution >= 4 is 22.5 Å². The molecule has 0 aliphatic carbocycles. The molecule has 36 heavy (non-hydrogen) atoms. The lowest BCUT2D eigenvalue weighted by molar-refractivity contribution is 0.0358. The smallest absolute Gasteiger partial charge is 0.243 e. The predicted molar refractivity (Wildman–Crippen MR) is 141 cm³/mol. The lowest BCUT2D eigenvalue weighted by atomic mass is 10.1. The van der Waals surface area contributed by atoms with Gasteiger partial charge in [-0.25, -0.2) is 9.97 Å². The summed E-state index contributed by atoms with van der Waals surface area (Å²) in [5.41, 5.74) is 4.00. The fraction of sp³-hybridized carbons (Fsp3) is 0.370. The van der Waals surface area contributed by atoms with Crippen molar-refractivity contribution in [1.82, 2.24) is 19.9 Å². The molecular weight excluding hydrogens is 476 g/mol. The van der Waals surface area contributed by atoms with Crippen LogP contribution in [0.5, 0.6) is 11.6 Å². The Morgan fingerprint density at radius 1 is 0.972 bits per heavy atom. The van der Waals surface area contributed by atoms with Gasteiger partial charge >= 0.3 is 0 Å². The van der Waals surface area contributed by atoms with Gasteiger partial charge in [0.2, 0.25) is 5.88 Å². The van der Waals surface area contributed by atoms with Crippen LogP contribution in [0.1, 0.15) is 6.42 Å².